The van der Waals surface area contributed by atoms with Crippen molar-refractivity contribution in [2.75, 3.05) is 0 Å². The molecule has 5 heteroatoms. The fraction of sp³-hybridized carbons (Fsp3) is 0.500. The third-order valence-corrected chi connectivity index (χ3v) is 2.56. The van der Waals surface area contributed by atoms with Crippen molar-refractivity contribution in [3.63, 3.8) is 0 Å². The summed E-state index contributed by atoms with van der Waals surface area (Å²) in [4.78, 5) is 22.0. The smallest absolute Gasteiger partial charge is 0.224 e. The van der Waals surface area contributed by atoms with Crippen LogP contribution in [-0.2, 0) is 14.3 Å². The van der Waals surface area contributed by atoms with E-state index in [0.717, 1.165) is 0 Å². The van der Waals surface area contributed by atoms with Crippen molar-refractivity contribution in [1.29, 1.82) is 0 Å². The van der Waals surface area contributed by atoms with Crippen LogP contribution in [0.5, 0.6) is 0 Å². The van der Waals surface area contributed by atoms with Crippen LogP contribution in [0.4, 0.5) is 0 Å². The Morgan fingerprint density at radius 3 is 1.69 bits per heavy atom. The Balaban J connectivity index is 2.30. The van der Waals surface area contributed by atoms with Crippen LogP contribution in [0.3, 0.4) is 0 Å². The van der Waals surface area contributed by atoms with Crippen molar-refractivity contribution >= 4 is 11.8 Å². The number of primary amides is 2. The van der Waals surface area contributed by atoms with Crippen LogP contribution in [0, 0.1) is 11.8 Å². The second-order valence-electron chi connectivity index (χ2n) is 3.31. The van der Waals surface area contributed by atoms with Crippen LogP contribution >= 0.6 is 0 Å². The maximum atomic E-state index is 11.0. The molecule has 0 spiro atoms. The van der Waals surface area contributed by atoms with Crippen molar-refractivity contribution in [2.24, 2.45) is 23.3 Å². The number of ether oxygens (including phenoxy) is 1. The molecule has 0 aliphatic carbocycles. The van der Waals surface area contributed by atoms with E-state index in [1.54, 1.807) is 12.2 Å². The summed E-state index contributed by atoms with van der Waals surface area (Å²) in [5, 5.41) is 0. The molecule has 2 bridgehead atoms. The second kappa shape index (κ2) is 2.56. The van der Waals surface area contributed by atoms with Crippen LogP contribution in [0.25, 0.3) is 0 Å². The summed E-state index contributed by atoms with van der Waals surface area (Å²) >= 11 is 0. The molecule has 2 amide bonds. The molecule has 5 nitrogen and oxygen atoms in total. The summed E-state index contributed by atoms with van der Waals surface area (Å²) in [6.45, 7) is 0. The fourth-order valence-corrected chi connectivity index (χ4v) is 1.99. The van der Waals surface area contributed by atoms with Gasteiger partial charge in [-0.15, -0.1) is 0 Å². The normalized spacial score (nSPS) is 40.9. The lowest BCUT2D eigenvalue weighted by Gasteiger charge is -2.18. The maximum absolute atomic E-state index is 11.0. The molecule has 0 radical (unpaired) electrons. The van der Waals surface area contributed by atoms with Crippen molar-refractivity contribution < 1.29 is 14.3 Å². The number of hydrogen-bond acceptors (Lipinski definition) is 3. The Morgan fingerprint density at radius 1 is 1.00 bits per heavy atom. The van der Waals surface area contributed by atoms with Gasteiger partial charge in [-0.25, -0.2) is 0 Å². The molecule has 4 N–H and O–H groups in total. The van der Waals surface area contributed by atoms with Gasteiger partial charge in [0.25, 0.3) is 0 Å². The molecule has 1 fully saturated rings. The molecule has 2 aliphatic heterocycles. The van der Waals surface area contributed by atoms with Crippen molar-refractivity contribution in [3.05, 3.63) is 12.2 Å². The highest BCUT2D eigenvalue weighted by atomic mass is 16.5. The minimum Gasteiger partial charge on any atom is -0.369 e. The van der Waals surface area contributed by atoms with Crippen LogP contribution in [0.15, 0.2) is 12.2 Å². The fourth-order valence-electron chi connectivity index (χ4n) is 1.99. The van der Waals surface area contributed by atoms with Gasteiger partial charge in [0.05, 0.1) is 24.0 Å². The molecule has 0 unspecified atom stereocenters. The van der Waals surface area contributed by atoms with E-state index in [1.165, 1.54) is 0 Å². The number of carbonyl (C=O) groups excluding carboxylic acids is 2. The third kappa shape index (κ3) is 1.04. The lowest BCUT2D eigenvalue weighted by molar-refractivity contribution is -0.130. The van der Waals surface area contributed by atoms with Crippen LogP contribution in [0.2, 0.25) is 0 Å². The van der Waals surface area contributed by atoms with E-state index in [1.807, 2.05) is 0 Å². The summed E-state index contributed by atoms with van der Waals surface area (Å²) in [5.41, 5.74) is 10.3. The van der Waals surface area contributed by atoms with E-state index in [2.05, 4.69) is 0 Å². The molecule has 2 aliphatic rings. The summed E-state index contributed by atoms with van der Waals surface area (Å²) in [6.07, 6.45) is 2.78. The number of rotatable bonds is 2. The summed E-state index contributed by atoms with van der Waals surface area (Å²) in [6, 6.07) is 0. The Kier molecular flexibility index (Phi) is 1.63. The van der Waals surface area contributed by atoms with Gasteiger partial charge in [-0.3, -0.25) is 9.59 Å². The van der Waals surface area contributed by atoms with Crippen LogP contribution < -0.4 is 11.5 Å². The van der Waals surface area contributed by atoms with Gasteiger partial charge in [-0.1, -0.05) is 12.2 Å². The molecule has 0 aromatic carbocycles. The molecular formula is C8H10N2O3. The predicted octanol–water partition coefficient (Wildman–Crippen LogP) is -1.47. The zero-order chi connectivity index (χ0) is 9.59. The van der Waals surface area contributed by atoms with E-state index >= 15 is 0 Å². The zero-order valence-electron chi connectivity index (χ0n) is 6.84. The molecule has 13 heavy (non-hydrogen) atoms. The molecule has 0 aromatic rings. The number of carbonyl (C=O) groups is 2. The standard InChI is InChI=1S/C8H10N2O3/c9-7(11)5-3-1-2-4(13-3)6(5)8(10)12/h1-6H,(H2,9,11)(H2,10,12)/t3-,4-,5-,6+/m1/s1. The van der Waals surface area contributed by atoms with E-state index in [4.69, 9.17) is 16.2 Å². The van der Waals surface area contributed by atoms with Gasteiger partial charge in [0, 0.05) is 0 Å². The number of nitrogens with two attached hydrogens (primary N) is 2. The van der Waals surface area contributed by atoms with Gasteiger partial charge in [-0.05, 0) is 0 Å². The van der Waals surface area contributed by atoms with E-state index < -0.39 is 23.7 Å². The Hall–Kier alpha value is -1.36. The van der Waals surface area contributed by atoms with Crippen LogP contribution in [0.1, 0.15) is 0 Å². The zero-order valence-corrected chi connectivity index (χ0v) is 6.84. The summed E-state index contributed by atoms with van der Waals surface area (Å²) < 4.78 is 5.31. The van der Waals surface area contributed by atoms with Gasteiger partial charge in [0.1, 0.15) is 0 Å². The molecule has 70 valence electrons. The Bertz CT molecular complexity index is 272. The minimum absolute atomic E-state index is 0.361. The number of amides is 2. The van der Waals surface area contributed by atoms with Gasteiger partial charge in [0.15, 0.2) is 0 Å². The lowest BCUT2D eigenvalue weighted by atomic mass is 9.82. The maximum Gasteiger partial charge on any atom is 0.224 e. The minimum atomic E-state index is -0.590. The Morgan fingerprint density at radius 2 is 1.38 bits per heavy atom. The molecule has 2 heterocycles. The predicted molar refractivity (Wildman–Crippen MR) is 43.2 cm³/mol. The Labute approximate surface area is 74.7 Å². The molecule has 0 saturated carbocycles. The molecule has 1 saturated heterocycles. The highest BCUT2D eigenvalue weighted by Crippen LogP contribution is 2.38. The molecule has 4 atom stereocenters. The first-order chi connectivity index (χ1) is 6.11. The van der Waals surface area contributed by atoms with Gasteiger partial charge in [0.2, 0.25) is 11.8 Å². The highest BCUT2D eigenvalue weighted by molar-refractivity contribution is 5.88. The monoisotopic (exact) mass is 182 g/mol. The molecule has 2 rings (SSSR count). The van der Waals surface area contributed by atoms with Gasteiger partial charge in [-0.2, -0.15) is 0 Å². The van der Waals surface area contributed by atoms with Gasteiger partial charge < -0.3 is 16.2 Å². The van der Waals surface area contributed by atoms with Crippen molar-refractivity contribution in [1.82, 2.24) is 0 Å². The first-order valence-corrected chi connectivity index (χ1v) is 4.03. The van der Waals surface area contributed by atoms with Crippen LogP contribution in [-0.4, -0.2) is 24.0 Å². The second-order valence-corrected chi connectivity index (χ2v) is 3.31. The third-order valence-electron chi connectivity index (χ3n) is 2.56. The molecule has 0 aromatic heterocycles. The van der Waals surface area contributed by atoms with Gasteiger partial charge >= 0.3 is 0 Å². The quantitative estimate of drug-likeness (QED) is 0.510. The number of fused-ring (bicyclic) bond motifs is 2. The first-order valence-electron chi connectivity index (χ1n) is 4.03. The van der Waals surface area contributed by atoms with E-state index in [0.29, 0.717) is 0 Å². The molecular weight excluding hydrogens is 172 g/mol. The summed E-state index contributed by atoms with van der Waals surface area (Å²) in [5.74, 6) is -2.23. The average molecular weight is 182 g/mol. The highest BCUT2D eigenvalue weighted by Gasteiger charge is 2.51. The summed E-state index contributed by atoms with van der Waals surface area (Å²) in [7, 11) is 0. The van der Waals surface area contributed by atoms with Crippen molar-refractivity contribution in [2.45, 2.75) is 12.2 Å². The largest absolute Gasteiger partial charge is 0.369 e. The average Bonchev–Trinajstić information content (AvgIpc) is 2.60. The topological polar surface area (TPSA) is 95.4 Å². The van der Waals surface area contributed by atoms with Crippen molar-refractivity contribution in [3.8, 4) is 0 Å². The van der Waals surface area contributed by atoms with E-state index in [-0.39, 0.29) is 12.2 Å². The first kappa shape index (κ1) is 8.25. The van der Waals surface area contributed by atoms with E-state index in [9.17, 15) is 9.59 Å². The lowest BCUT2D eigenvalue weighted by Crippen LogP contribution is -2.42. The number of hydrogen-bond donors (Lipinski definition) is 2. The SMILES string of the molecule is NC(=O)[C@@H]1[C@H](C(N)=O)[C@H]2C=C[C@H]1O2.